The SMILES string of the molecule is O=C(Cc1ccccc1Nc1c(Cl)cccc1Cl)NCCOCCO. The first-order valence-corrected chi connectivity index (χ1v) is 8.61. The number of carbonyl (C=O) groups excluding carboxylic acids is 1. The third-order valence-electron chi connectivity index (χ3n) is 3.39. The van der Waals surface area contributed by atoms with Gasteiger partial charge in [-0.05, 0) is 23.8 Å². The molecule has 5 nitrogen and oxygen atoms in total. The lowest BCUT2D eigenvalue weighted by molar-refractivity contribution is -0.120. The van der Waals surface area contributed by atoms with Gasteiger partial charge in [0.2, 0.25) is 5.91 Å². The zero-order valence-corrected chi connectivity index (χ0v) is 15.1. The minimum Gasteiger partial charge on any atom is -0.394 e. The number of aliphatic hydroxyl groups excluding tert-OH is 1. The van der Waals surface area contributed by atoms with Gasteiger partial charge >= 0.3 is 0 Å². The molecule has 0 fully saturated rings. The summed E-state index contributed by atoms with van der Waals surface area (Å²) in [5.41, 5.74) is 2.20. The number of aliphatic hydroxyl groups is 1. The number of anilines is 2. The second-order valence-corrected chi connectivity index (χ2v) is 6.06. The van der Waals surface area contributed by atoms with Crippen molar-refractivity contribution in [3.63, 3.8) is 0 Å². The molecule has 0 saturated heterocycles. The van der Waals surface area contributed by atoms with E-state index in [-0.39, 0.29) is 25.5 Å². The first-order valence-electron chi connectivity index (χ1n) is 7.86. The zero-order chi connectivity index (χ0) is 18.1. The van der Waals surface area contributed by atoms with Crippen LogP contribution in [0.25, 0.3) is 0 Å². The number of rotatable bonds is 9. The number of para-hydroxylation sites is 2. The van der Waals surface area contributed by atoms with Gasteiger partial charge in [-0.3, -0.25) is 4.79 Å². The first kappa shape index (κ1) is 19.5. The Morgan fingerprint density at radius 1 is 1.04 bits per heavy atom. The average molecular weight is 383 g/mol. The number of amides is 1. The van der Waals surface area contributed by atoms with E-state index in [0.29, 0.717) is 28.9 Å². The van der Waals surface area contributed by atoms with Crippen molar-refractivity contribution in [1.82, 2.24) is 5.32 Å². The van der Waals surface area contributed by atoms with E-state index in [4.69, 9.17) is 33.0 Å². The number of benzene rings is 2. The summed E-state index contributed by atoms with van der Waals surface area (Å²) in [7, 11) is 0. The van der Waals surface area contributed by atoms with Crippen LogP contribution in [0.5, 0.6) is 0 Å². The molecule has 2 rings (SSSR count). The molecule has 7 heteroatoms. The number of halogens is 2. The lowest BCUT2D eigenvalue weighted by Gasteiger charge is -2.14. The van der Waals surface area contributed by atoms with E-state index in [1.165, 1.54) is 0 Å². The van der Waals surface area contributed by atoms with Crippen LogP contribution >= 0.6 is 23.2 Å². The summed E-state index contributed by atoms with van der Waals surface area (Å²) >= 11 is 12.4. The van der Waals surface area contributed by atoms with E-state index < -0.39 is 0 Å². The maximum Gasteiger partial charge on any atom is 0.224 e. The third kappa shape index (κ3) is 6.21. The van der Waals surface area contributed by atoms with Crippen molar-refractivity contribution in [2.45, 2.75) is 6.42 Å². The van der Waals surface area contributed by atoms with Crippen LogP contribution < -0.4 is 10.6 Å². The van der Waals surface area contributed by atoms with Gasteiger partial charge in [-0.15, -0.1) is 0 Å². The maximum atomic E-state index is 12.1. The minimum absolute atomic E-state index is 0.0302. The van der Waals surface area contributed by atoms with Gasteiger partial charge in [0.25, 0.3) is 0 Å². The number of nitrogens with one attached hydrogen (secondary N) is 2. The number of hydrogen-bond donors (Lipinski definition) is 3. The molecule has 0 unspecified atom stereocenters. The van der Waals surface area contributed by atoms with Gasteiger partial charge in [-0.2, -0.15) is 0 Å². The summed E-state index contributed by atoms with van der Waals surface area (Å²) < 4.78 is 5.11. The lowest BCUT2D eigenvalue weighted by Crippen LogP contribution is -2.29. The van der Waals surface area contributed by atoms with Gasteiger partial charge in [0.05, 0.1) is 42.0 Å². The summed E-state index contributed by atoms with van der Waals surface area (Å²) in [5.74, 6) is -0.118. The Bertz CT molecular complexity index is 690. The fourth-order valence-corrected chi connectivity index (χ4v) is 2.70. The Labute approximate surface area is 156 Å². The minimum atomic E-state index is -0.118. The van der Waals surface area contributed by atoms with E-state index in [1.54, 1.807) is 18.2 Å². The highest BCUT2D eigenvalue weighted by atomic mass is 35.5. The van der Waals surface area contributed by atoms with E-state index in [0.717, 1.165) is 11.3 Å². The predicted molar refractivity (Wildman–Crippen MR) is 101 cm³/mol. The summed E-state index contributed by atoms with van der Waals surface area (Å²) in [6.45, 7) is 0.991. The van der Waals surface area contributed by atoms with Gasteiger partial charge in [-0.1, -0.05) is 47.5 Å². The standard InChI is InChI=1S/C18H20Cl2N2O3/c19-14-5-3-6-15(20)18(14)22-16-7-2-1-4-13(16)12-17(24)21-8-10-25-11-9-23/h1-7,22-23H,8-12H2,(H,21,24). The molecule has 0 aliphatic rings. The summed E-state index contributed by atoms with van der Waals surface area (Å²) in [4.78, 5) is 12.1. The average Bonchev–Trinajstić information content (AvgIpc) is 2.59. The van der Waals surface area contributed by atoms with Crippen LogP contribution in [0.15, 0.2) is 42.5 Å². The smallest absolute Gasteiger partial charge is 0.224 e. The lowest BCUT2D eigenvalue weighted by atomic mass is 10.1. The van der Waals surface area contributed by atoms with E-state index in [9.17, 15) is 4.79 Å². The van der Waals surface area contributed by atoms with Crippen molar-refractivity contribution in [2.75, 3.05) is 31.7 Å². The molecular weight excluding hydrogens is 363 g/mol. The second kappa shape index (κ2) is 10.3. The molecule has 1 amide bonds. The van der Waals surface area contributed by atoms with Crippen LogP contribution in [0.3, 0.4) is 0 Å². The molecule has 0 spiro atoms. The van der Waals surface area contributed by atoms with Crippen molar-refractivity contribution in [3.8, 4) is 0 Å². The van der Waals surface area contributed by atoms with Gasteiger partial charge in [0.1, 0.15) is 0 Å². The fraction of sp³-hybridized carbons (Fsp3) is 0.278. The molecule has 0 aromatic heterocycles. The molecule has 2 aromatic carbocycles. The molecule has 0 bridgehead atoms. The largest absolute Gasteiger partial charge is 0.394 e. The summed E-state index contributed by atoms with van der Waals surface area (Å²) in [6, 6.07) is 12.7. The van der Waals surface area contributed by atoms with Crippen LogP contribution in [-0.2, 0) is 16.0 Å². The molecule has 0 saturated carbocycles. The highest BCUT2D eigenvalue weighted by Gasteiger charge is 2.11. The van der Waals surface area contributed by atoms with Crippen molar-refractivity contribution in [1.29, 1.82) is 0 Å². The molecule has 134 valence electrons. The molecular formula is C18H20Cl2N2O3. The molecule has 25 heavy (non-hydrogen) atoms. The van der Waals surface area contributed by atoms with Gasteiger partial charge in [0, 0.05) is 12.2 Å². The number of carbonyl (C=O) groups is 1. The van der Waals surface area contributed by atoms with E-state index >= 15 is 0 Å². The number of hydrogen-bond acceptors (Lipinski definition) is 4. The van der Waals surface area contributed by atoms with Crippen LogP contribution in [0, 0.1) is 0 Å². The monoisotopic (exact) mass is 382 g/mol. The third-order valence-corrected chi connectivity index (χ3v) is 4.02. The topological polar surface area (TPSA) is 70.6 Å². The summed E-state index contributed by atoms with van der Waals surface area (Å²) in [6.07, 6.45) is 0.214. The Hall–Kier alpha value is -1.79. The molecule has 0 aliphatic heterocycles. The highest BCUT2D eigenvalue weighted by Crippen LogP contribution is 2.33. The quantitative estimate of drug-likeness (QED) is 0.581. The molecule has 3 N–H and O–H groups in total. The van der Waals surface area contributed by atoms with Gasteiger partial charge in [-0.25, -0.2) is 0 Å². The van der Waals surface area contributed by atoms with Gasteiger partial charge in [0.15, 0.2) is 0 Å². The Balaban J connectivity index is 1.99. The van der Waals surface area contributed by atoms with Crippen LogP contribution in [0.1, 0.15) is 5.56 Å². The summed E-state index contributed by atoms with van der Waals surface area (Å²) in [5, 5.41) is 15.6. The van der Waals surface area contributed by atoms with E-state index in [1.807, 2.05) is 24.3 Å². The molecule has 0 aliphatic carbocycles. The second-order valence-electron chi connectivity index (χ2n) is 5.24. The Morgan fingerprint density at radius 3 is 2.48 bits per heavy atom. The van der Waals surface area contributed by atoms with E-state index in [2.05, 4.69) is 10.6 Å². The van der Waals surface area contributed by atoms with Crippen molar-refractivity contribution in [2.24, 2.45) is 0 Å². The molecule has 0 heterocycles. The molecule has 0 radical (unpaired) electrons. The first-order chi connectivity index (χ1) is 12.1. The highest BCUT2D eigenvalue weighted by molar-refractivity contribution is 6.39. The normalized spacial score (nSPS) is 10.5. The van der Waals surface area contributed by atoms with Crippen LogP contribution in [0.2, 0.25) is 10.0 Å². The zero-order valence-electron chi connectivity index (χ0n) is 13.6. The fourth-order valence-electron chi connectivity index (χ4n) is 2.21. The van der Waals surface area contributed by atoms with Crippen LogP contribution in [-0.4, -0.2) is 37.4 Å². The molecule has 0 atom stereocenters. The predicted octanol–water partition coefficient (Wildman–Crippen LogP) is 3.40. The Kier molecular flexibility index (Phi) is 8.01. The Morgan fingerprint density at radius 2 is 1.76 bits per heavy atom. The van der Waals surface area contributed by atoms with Gasteiger partial charge < -0.3 is 20.5 Å². The van der Waals surface area contributed by atoms with Crippen molar-refractivity contribution < 1.29 is 14.6 Å². The van der Waals surface area contributed by atoms with Crippen LogP contribution in [0.4, 0.5) is 11.4 Å². The molecule has 2 aromatic rings. The van der Waals surface area contributed by atoms with Crippen molar-refractivity contribution >= 4 is 40.5 Å². The maximum absolute atomic E-state index is 12.1. The van der Waals surface area contributed by atoms with Crippen molar-refractivity contribution in [3.05, 3.63) is 58.1 Å². The number of ether oxygens (including phenoxy) is 1.